The van der Waals surface area contributed by atoms with E-state index in [0.717, 1.165) is 30.4 Å². The summed E-state index contributed by atoms with van der Waals surface area (Å²) in [6.45, 7) is 3.38. The van der Waals surface area contributed by atoms with E-state index in [0.29, 0.717) is 5.56 Å². The predicted molar refractivity (Wildman–Crippen MR) is 107 cm³/mol. The smallest absolute Gasteiger partial charge is 0.303 e. The fourth-order valence-electron chi connectivity index (χ4n) is 4.02. The molecule has 1 aliphatic rings. The number of ether oxygens (including phenoxy) is 1. The number of hydrogen-bond acceptors (Lipinski definition) is 3. The van der Waals surface area contributed by atoms with Crippen molar-refractivity contribution in [3.63, 3.8) is 0 Å². The Morgan fingerprint density at radius 3 is 2.32 bits per heavy atom. The molecule has 0 N–H and O–H groups in total. The number of carbonyl (C=O) groups is 2. The van der Waals surface area contributed by atoms with Gasteiger partial charge in [0.15, 0.2) is 5.78 Å². The van der Waals surface area contributed by atoms with Gasteiger partial charge in [0.25, 0.3) is 0 Å². The number of rotatable bonds is 6. The second kappa shape index (κ2) is 8.96. The highest BCUT2D eigenvalue weighted by atomic mass is 19.1. The summed E-state index contributed by atoms with van der Waals surface area (Å²) in [6.07, 6.45) is 3.95. The fraction of sp³-hybridized carbons (Fsp3) is 0.333. The standard InChI is InChI=1S/C24H25FO3/c1-16(18-7-4-3-5-8-18)15-23(28-17(2)26)21-9-6-10-22(21)24(27)19-11-13-20(25)14-12-19/h3-5,7-8,11-15,21-23H,6,9-10H2,1-2H3/b16-15+/t21-,22-,23?/m0/s1. The van der Waals surface area contributed by atoms with Gasteiger partial charge >= 0.3 is 5.97 Å². The molecule has 1 saturated carbocycles. The van der Waals surface area contributed by atoms with Crippen LogP contribution in [0.15, 0.2) is 60.7 Å². The normalized spacial score (nSPS) is 20.6. The highest BCUT2D eigenvalue weighted by molar-refractivity contribution is 5.98. The summed E-state index contributed by atoms with van der Waals surface area (Å²) in [5.74, 6) is -1.05. The first kappa shape index (κ1) is 20.0. The molecule has 1 fully saturated rings. The van der Waals surface area contributed by atoms with Crippen molar-refractivity contribution < 1.29 is 18.7 Å². The van der Waals surface area contributed by atoms with E-state index in [-0.39, 0.29) is 29.4 Å². The Balaban J connectivity index is 1.87. The lowest BCUT2D eigenvalue weighted by Crippen LogP contribution is -2.31. The zero-order chi connectivity index (χ0) is 20.1. The summed E-state index contributed by atoms with van der Waals surface area (Å²) in [6, 6.07) is 15.6. The van der Waals surface area contributed by atoms with Crippen molar-refractivity contribution in [1.29, 1.82) is 0 Å². The third kappa shape index (κ3) is 4.75. The number of esters is 1. The van der Waals surface area contributed by atoms with E-state index >= 15 is 0 Å². The summed E-state index contributed by atoms with van der Waals surface area (Å²) in [7, 11) is 0. The molecule has 0 saturated heterocycles. The van der Waals surface area contributed by atoms with Crippen LogP contribution in [0.2, 0.25) is 0 Å². The van der Waals surface area contributed by atoms with Crippen LogP contribution in [0.1, 0.15) is 49.0 Å². The van der Waals surface area contributed by atoms with Crippen LogP contribution < -0.4 is 0 Å². The van der Waals surface area contributed by atoms with E-state index in [1.165, 1.54) is 31.2 Å². The minimum Gasteiger partial charge on any atom is -0.458 e. The lowest BCUT2D eigenvalue weighted by atomic mass is 9.84. The average Bonchev–Trinajstić information content (AvgIpc) is 3.17. The molecule has 3 atom stereocenters. The molecule has 2 aromatic carbocycles. The molecule has 0 aromatic heterocycles. The molecule has 0 radical (unpaired) electrons. The number of halogens is 1. The second-order valence-electron chi connectivity index (χ2n) is 7.36. The maximum absolute atomic E-state index is 13.2. The van der Waals surface area contributed by atoms with Crippen LogP contribution in [-0.4, -0.2) is 17.9 Å². The lowest BCUT2D eigenvalue weighted by molar-refractivity contribution is -0.146. The number of benzene rings is 2. The Morgan fingerprint density at radius 2 is 1.68 bits per heavy atom. The molecule has 0 spiro atoms. The average molecular weight is 380 g/mol. The Morgan fingerprint density at radius 1 is 1.00 bits per heavy atom. The molecule has 0 amide bonds. The van der Waals surface area contributed by atoms with E-state index in [1.807, 2.05) is 43.3 Å². The summed E-state index contributed by atoms with van der Waals surface area (Å²) < 4.78 is 18.8. The van der Waals surface area contributed by atoms with Crippen LogP contribution in [0.3, 0.4) is 0 Å². The van der Waals surface area contributed by atoms with Crippen molar-refractivity contribution in [2.75, 3.05) is 0 Å². The molecule has 1 aliphatic carbocycles. The minimum atomic E-state index is -0.463. The number of hydrogen-bond donors (Lipinski definition) is 0. The Hall–Kier alpha value is -2.75. The first-order valence-electron chi connectivity index (χ1n) is 9.66. The van der Waals surface area contributed by atoms with E-state index in [1.54, 1.807) is 0 Å². The predicted octanol–water partition coefficient (Wildman–Crippen LogP) is 5.46. The van der Waals surface area contributed by atoms with Gasteiger partial charge in [0.05, 0.1) is 0 Å². The zero-order valence-electron chi connectivity index (χ0n) is 16.2. The largest absolute Gasteiger partial charge is 0.458 e. The zero-order valence-corrected chi connectivity index (χ0v) is 16.2. The first-order valence-corrected chi connectivity index (χ1v) is 9.66. The molecule has 28 heavy (non-hydrogen) atoms. The van der Waals surface area contributed by atoms with Crippen molar-refractivity contribution in [3.8, 4) is 0 Å². The van der Waals surface area contributed by atoms with Crippen molar-refractivity contribution in [3.05, 3.63) is 77.6 Å². The molecule has 2 aromatic rings. The second-order valence-corrected chi connectivity index (χ2v) is 7.36. The van der Waals surface area contributed by atoms with Crippen molar-refractivity contribution in [2.45, 2.75) is 39.2 Å². The van der Waals surface area contributed by atoms with Gasteiger partial charge in [-0.25, -0.2) is 4.39 Å². The summed E-state index contributed by atoms with van der Waals surface area (Å²) >= 11 is 0. The van der Waals surface area contributed by atoms with Gasteiger partial charge in [-0.3, -0.25) is 9.59 Å². The van der Waals surface area contributed by atoms with Crippen LogP contribution >= 0.6 is 0 Å². The molecule has 146 valence electrons. The molecule has 3 nitrogen and oxygen atoms in total. The van der Waals surface area contributed by atoms with Gasteiger partial charge in [-0.05, 0) is 61.2 Å². The van der Waals surface area contributed by atoms with E-state index in [2.05, 4.69) is 0 Å². The fourth-order valence-corrected chi connectivity index (χ4v) is 4.02. The van der Waals surface area contributed by atoms with Crippen LogP contribution in [0.4, 0.5) is 4.39 Å². The summed E-state index contributed by atoms with van der Waals surface area (Å²) in [5.41, 5.74) is 2.56. The van der Waals surface area contributed by atoms with Crippen LogP contribution in [0, 0.1) is 17.7 Å². The van der Waals surface area contributed by atoms with Crippen LogP contribution in [0.5, 0.6) is 0 Å². The van der Waals surface area contributed by atoms with Gasteiger partial charge < -0.3 is 4.74 Å². The molecule has 0 aliphatic heterocycles. The lowest BCUT2D eigenvalue weighted by Gasteiger charge is -2.26. The van der Waals surface area contributed by atoms with Gasteiger partial charge in [0.2, 0.25) is 0 Å². The van der Waals surface area contributed by atoms with Gasteiger partial charge in [0, 0.05) is 24.3 Å². The SMILES string of the molecule is CC(=O)OC(/C=C(\C)c1ccccc1)[C@H]1CCC[C@@H]1C(=O)c1ccc(F)cc1. The highest BCUT2D eigenvalue weighted by Crippen LogP contribution is 2.39. The molecule has 0 heterocycles. The van der Waals surface area contributed by atoms with Crippen LogP contribution in [-0.2, 0) is 9.53 Å². The van der Waals surface area contributed by atoms with Crippen LogP contribution in [0.25, 0.3) is 5.57 Å². The number of Topliss-reactive ketones (excluding diaryl/α,β-unsaturated/α-hetero) is 1. The van der Waals surface area contributed by atoms with Gasteiger partial charge in [-0.1, -0.05) is 36.8 Å². The summed E-state index contributed by atoms with van der Waals surface area (Å²) in [4.78, 5) is 24.8. The number of carbonyl (C=O) groups excluding carboxylic acids is 2. The van der Waals surface area contributed by atoms with E-state index < -0.39 is 6.10 Å². The number of ketones is 1. The highest BCUT2D eigenvalue weighted by Gasteiger charge is 2.39. The molecule has 1 unspecified atom stereocenters. The van der Waals surface area contributed by atoms with Gasteiger partial charge in [-0.2, -0.15) is 0 Å². The van der Waals surface area contributed by atoms with Crippen molar-refractivity contribution in [2.24, 2.45) is 11.8 Å². The van der Waals surface area contributed by atoms with Gasteiger partial charge in [0.1, 0.15) is 11.9 Å². The molecule has 0 bridgehead atoms. The van der Waals surface area contributed by atoms with Crippen molar-refractivity contribution in [1.82, 2.24) is 0 Å². The van der Waals surface area contributed by atoms with E-state index in [4.69, 9.17) is 4.74 Å². The Bertz CT molecular complexity index is 855. The molecular formula is C24H25FO3. The quantitative estimate of drug-likeness (QED) is 0.494. The third-order valence-electron chi connectivity index (χ3n) is 5.40. The molecule has 4 heteroatoms. The number of allylic oxidation sites excluding steroid dienone is 1. The summed E-state index contributed by atoms with van der Waals surface area (Å²) in [5, 5.41) is 0. The third-order valence-corrected chi connectivity index (χ3v) is 5.40. The van der Waals surface area contributed by atoms with E-state index in [9.17, 15) is 14.0 Å². The topological polar surface area (TPSA) is 43.4 Å². The Kier molecular flexibility index (Phi) is 6.40. The first-order chi connectivity index (χ1) is 13.5. The monoisotopic (exact) mass is 380 g/mol. The van der Waals surface area contributed by atoms with Crippen molar-refractivity contribution >= 4 is 17.3 Å². The minimum absolute atomic E-state index is 0.00887. The molecule has 3 rings (SSSR count). The maximum Gasteiger partial charge on any atom is 0.303 e. The van der Waals surface area contributed by atoms with Gasteiger partial charge in [-0.15, -0.1) is 0 Å². The molecular weight excluding hydrogens is 355 g/mol. The Labute approximate surface area is 165 Å². The maximum atomic E-state index is 13.2.